The van der Waals surface area contributed by atoms with Crippen molar-refractivity contribution < 1.29 is 14.2 Å². The van der Waals surface area contributed by atoms with Crippen LogP contribution in [-0.2, 0) is 0 Å². The van der Waals surface area contributed by atoms with E-state index in [0.29, 0.717) is 25.0 Å². The minimum atomic E-state index is 0.311. The van der Waals surface area contributed by atoms with Gasteiger partial charge < -0.3 is 14.2 Å². The van der Waals surface area contributed by atoms with E-state index in [4.69, 9.17) is 14.2 Å². The molecule has 0 bridgehead atoms. The van der Waals surface area contributed by atoms with Gasteiger partial charge in [0.25, 0.3) is 0 Å². The smallest absolute Gasteiger partial charge is 0.321 e. The molecule has 0 fully saturated rings. The molecule has 0 spiro atoms. The molecule has 0 aliphatic heterocycles. The molecule has 1 heterocycles. The molecule has 1 aromatic heterocycles. The highest BCUT2D eigenvalue weighted by atomic mass is 16.5. The summed E-state index contributed by atoms with van der Waals surface area (Å²) in [4.78, 5) is 8.07. The normalized spacial score (nSPS) is 10.3. The van der Waals surface area contributed by atoms with Crippen LogP contribution in [-0.4, -0.2) is 23.2 Å². The molecule has 0 amide bonds. The SMILES string of the molecule is Cc1ccccc1OCCCOc1cccc(Oc2ncccn2)c1. The summed E-state index contributed by atoms with van der Waals surface area (Å²) in [6.07, 6.45) is 4.06. The lowest BCUT2D eigenvalue weighted by molar-refractivity contribution is 0.246. The van der Waals surface area contributed by atoms with Gasteiger partial charge in [0.2, 0.25) is 0 Å². The Morgan fingerprint density at radius 1 is 0.800 bits per heavy atom. The highest BCUT2D eigenvalue weighted by Gasteiger charge is 2.02. The van der Waals surface area contributed by atoms with Gasteiger partial charge in [-0.3, -0.25) is 0 Å². The van der Waals surface area contributed by atoms with Crippen LogP contribution in [0.15, 0.2) is 67.0 Å². The van der Waals surface area contributed by atoms with Crippen molar-refractivity contribution in [3.8, 4) is 23.3 Å². The first-order valence-electron chi connectivity index (χ1n) is 8.17. The van der Waals surface area contributed by atoms with Crippen LogP contribution in [0.25, 0.3) is 0 Å². The van der Waals surface area contributed by atoms with Crippen LogP contribution in [0.5, 0.6) is 23.3 Å². The first kappa shape index (κ1) is 16.8. The predicted octanol–water partition coefficient (Wildman–Crippen LogP) is 4.43. The number of hydrogen-bond donors (Lipinski definition) is 0. The van der Waals surface area contributed by atoms with Gasteiger partial charge in [-0.25, -0.2) is 9.97 Å². The Morgan fingerprint density at radius 2 is 1.56 bits per heavy atom. The molecule has 0 atom stereocenters. The first-order chi connectivity index (χ1) is 12.3. The van der Waals surface area contributed by atoms with E-state index >= 15 is 0 Å². The van der Waals surface area contributed by atoms with Crippen molar-refractivity contribution in [2.75, 3.05) is 13.2 Å². The third-order valence-electron chi connectivity index (χ3n) is 3.47. The monoisotopic (exact) mass is 336 g/mol. The van der Waals surface area contributed by atoms with E-state index in [2.05, 4.69) is 9.97 Å². The Balaban J connectivity index is 1.44. The van der Waals surface area contributed by atoms with E-state index in [-0.39, 0.29) is 0 Å². The number of hydrogen-bond acceptors (Lipinski definition) is 5. The number of benzene rings is 2. The fraction of sp³-hybridized carbons (Fsp3) is 0.200. The van der Waals surface area contributed by atoms with Gasteiger partial charge in [-0.2, -0.15) is 0 Å². The van der Waals surface area contributed by atoms with Crippen LogP contribution >= 0.6 is 0 Å². The molecule has 5 nitrogen and oxygen atoms in total. The van der Waals surface area contributed by atoms with E-state index in [1.165, 1.54) is 0 Å². The Hall–Kier alpha value is -3.08. The number of aryl methyl sites for hydroxylation is 1. The molecule has 2 aromatic carbocycles. The third-order valence-corrected chi connectivity index (χ3v) is 3.47. The van der Waals surface area contributed by atoms with Crippen LogP contribution in [0.3, 0.4) is 0 Å². The topological polar surface area (TPSA) is 53.5 Å². The van der Waals surface area contributed by atoms with Gasteiger partial charge in [0, 0.05) is 24.9 Å². The van der Waals surface area contributed by atoms with Gasteiger partial charge in [-0.1, -0.05) is 24.3 Å². The van der Waals surface area contributed by atoms with Crippen molar-refractivity contribution in [2.24, 2.45) is 0 Å². The zero-order valence-corrected chi connectivity index (χ0v) is 14.1. The van der Waals surface area contributed by atoms with Crippen LogP contribution in [0.4, 0.5) is 0 Å². The minimum absolute atomic E-state index is 0.311. The summed E-state index contributed by atoms with van der Waals surface area (Å²) in [6.45, 7) is 3.21. The average Bonchev–Trinajstić information content (AvgIpc) is 2.64. The molecule has 0 saturated carbocycles. The van der Waals surface area contributed by atoms with E-state index in [9.17, 15) is 0 Å². The molecule has 0 unspecified atom stereocenters. The summed E-state index contributed by atoms with van der Waals surface area (Å²) in [7, 11) is 0. The summed E-state index contributed by atoms with van der Waals surface area (Å²) in [6, 6.07) is 17.5. The zero-order valence-electron chi connectivity index (χ0n) is 14.1. The summed E-state index contributed by atoms with van der Waals surface area (Å²) in [5.41, 5.74) is 1.14. The van der Waals surface area contributed by atoms with Gasteiger partial charge in [-0.05, 0) is 36.8 Å². The maximum Gasteiger partial charge on any atom is 0.321 e. The number of aromatic nitrogens is 2. The molecule has 128 valence electrons. The van der Waals surface area contributed by atoms with E-state index < -0.39 is 0 Å². The fourth-order valence-corrected chi connectivity index (χ4v) is 2.22. The maximum absolute atomic E-state index is 5.76. The Labute approximate surface area is 147 Å². The van der Waals surface area contributed by atoms with E-state index in [1.807, 2.05) is 55.5 Å². The fourth-order valence-electron chi connectivity index (χ4n) is 2.22. The van der Waals surface area contributed by atoms with Crippen LogP contribution in [0.2, 0.25) is 0 Å². The quantitative estimate of drug-likeness (QED) is 0.570. The largest absolute Gasteiger partial charge is 0.493 e. The number of rotatable bonds is 8. The molecule has 0 aliphatic carbocycles. The zero-order chi connectivity index (χ0) is 17.3. The molecular weight excluding hydrogens is 316 g/mol. The first-order valence-corrected chi connectivity index (χ1v) is 8.17. The van der Waals surface area contributed by atoms with Gasteiger partial charge in [-0.15, -0.1) is 0 Å². The molecule has 0 saturated heterocycles. The highest BCUT2D eigenvalue weighted by Crippen LogP contribution is 2.23. The van der Waals surface area contributed by atoms with Crippen molar-refractivity contribution >= 4 is 0 Å². The van der Waals surface area contributed by atoms with Crippen molar-refractivity contribution in [1.82, 2.24) is 9.97 Å². The summed E-state index contributed by atoms with van der Waals surface area (Å²) >= 11 is 0. The second-order valence-corrected chi connectivity index (χ2v) is 5.42. The predicted molar refractivity (Wildman–Crippen MR) is 95.3 cm³/mol. The lowest BCUT2D eigenvalue weighted by Crippen LogP contribution is -2.05. The summed E-state index contributed by atoms with van der Waals surface area (Å²) < 4.78 is 17.1. The molecule has 0 N–H and O–H groups in total. The number of para-hydroxylation sites is 1. The lowest BCUT2D eigenvalue weighted by atomic mass is 10.2. The maximum atomic E-state index is 5.76. The van der Waals surface area contributed by atoms with Gasteiger partial charge >= 0.3 is 6.01 Å². The summed E-state index contributed by atoms with van der Waals surface area (Å²) in [5, 5.41) is 0. The van der Waals surface area contributed by atoms with Gasteiger partial charge in [0.1, 0.15) is 17.2 Å². The van der Waals surface area contributed by atoms with E-state index in [1.54, 1.807) is 18.5 Å². The van der Waals surface area contributed by atoms with Crippen molar-refractivity contribution in [2.45, 2.75) is 13.3 Å². The van der Waals surface area contributed by atoms with Crippen LogP contribution in [0.1, 0.15) is 12.0 Å². The minimum Gasteiger partial charge on any atom is -0.493 e. The Morgan fingerprint density at radius 3 is 2.40 bits per heavy atom. The molecule has 3 aromatic rings. The molecule has 25 heavy (non-hydrogen) atoms. The Kier molecular flexibility index (Phi) is 5.82. The lowest BCUT2D eigenvalue weighted by Gasteiger charge is -2.10. The third kappa shape index (κ3) is 5.21. The molecule has 0 aliphatic rings. The average molecular weight is 336 g/mol. The van der Waals surface area contributed by atoms with Gasteiger partial charge in [0.05, 0.1) is 13.2 Å². The second-order valence-electron chi connectivity index (χ2n) is 5.42. The standard InChI is InChI=1S/C20H20N2O3/c1-16-7-2-3-10-19(16)24-14-6-13-23-17-8-4-9-18(15-17)25-20-21-11-5-12-22-20/h2-5,7-12,15H,6,13-14H2,1H3. The van der Waals surface area contributed by atoms with Crippen LogP contribution in [0, 0.1) is 6.92 Å². The number of ether oxygens (including phenoxy) is 3. The van der Waals surface area contributed by atoms with Crippen molar-refractivity contribution in [3.05, 3.63) is 72.6 Å². The highest BCUT2D eigenvalue weighted by molar-refractivity contribution is 5.34. The molecular formula is C20H20N2O3. The second kappa shape index (κ2) is 8.68. The number of nitrogens with zero attached hydrogens (tertiary/aromatic N) is 2. The van der Waals surface area contributed by atoms with Crippen molar-refractivity contribution in [1.29, 1.82) is 0 Å². The van der Waals surface area contributed by atoms with Gasteiger partial charge in [0.15, 0.2) is 0 Å². The molecule has 0 radical (unpaired) electrons. The van der Waals surface area contributed by atoms with Crippen LogP contribution < -0.4 is 14.2 Å². The molecule has 5 heteroatoms. The van der Waals surface area contributed by atoms with E-state index in [0.717, 1.165) is 23.5 Å². The molecule has 3 rings (SSSR count). The van der Waals surface area contributed by atoms with Crippen molar-refractivity contribution in [3.63, 3.8) is 0 Å². The Bertz CT molecular complexity index is 794. The summed E-state index contributed by atoms with van der Waals surface area (Å²) in [5.74, 6) is 2.30.